The first-order valence-corrected chi connectivity index (χ1v) is 9.38. The van der Waals surface area contributed by atoms with Gasteiger partial charge in [0, 0.05) is 24.2 Å². The van der Waals surface area contributed by atoms with E-state index in [1.165, 1.54) is 16.3 Å². The molecule has 2 heterocycles. The van der Waals surface area contributed by atoms with Crippen LogP contribution in [-0.2, 0) is 13.0 Å². The third-order valence-electron chi connectivity index (χ3n) is 3.47. The number of hydrogen-bond donors (Lipinski definition) is 0. The van der Waals surface area contributed by atoms with E-state index in [9.17, 15) is 4.39 Å². The first-order chi connectivity index (χ1) is 11.2. The van der Waals surface area contributed by atoms with Crippen LogP contribution < -0.4 is 0 Å². The molecule has 0 bridgehead atoms. The fourth-order valence-corrected chi connectivity index (χ4v) is 5.06. The van der Waals surface area contributed by atoms with Gasteiger partial charge in [-0.2, -0.15) is 0 Å². The molecule has 3 rings (SSSR count). The van der Waals surface area contributed by atoms with Crippen LogP contribution in [0.15, 0.2) is 59.3 Å². The van der Waals surface area contributed by atoms with Crippen LogP contribution in [0.5, 0.6) is 0 Å². The van der Waals surface area contributed by atoms with Gasteiger partial charge in [0.1, 0.15) is 5.82 Å². The number of thioether (sulfide) groups is 1. The van der Waals surface area contributed by atoms with E-state index in [-0.39, 0.29) is 5.82 Å². The molecular weight excluding hydrogens is 351 g/mol. The summed E-state index contributed by atoms with van der Waals surface area (Å²) in [7, 11) is 0. The quantitative estimate of drug-likeness (QED) is 0.511. The van der Waals surface area contributed by atoms with Crippen molar-refractivity contribution < 1.29 is 4.39 Å². The van der Waals surface area contributed by atoms with Gasteiger partial charge in [-0.05, 0) is 42.7 Å². The van der Waals surface area contributed by atoms with Crippen LogP contribution in [0.25, 0.3) is 0 Å². The smallest absolute Gasteiger partial charge is 0.123 e. The van der Waals surface area contributed by atoms with E-state index in [4.69, 9.17) is 11.6 Å². The van der Waals surface area contributed by atoms with Gasteiger partial charge in [0.25, 0.3) is 0 Å². The summed E-state index contributed by atoms with van der Waals surface area (Å²) in [5, 5.41) is 0.406. The number of benzene rings is 1. The molecule has 120 valence electrons. The molecule has 6 heteroatoms. The number of halogens is 2. The lowest BCUT2D eigenvalue weighted by Gasteiger charge is -2.16. The summed E-state index contributed by atoms with van der Waals surface area (Å²) in [6.45, 7) is 0.890. The van der Waals surface area contributed by atoms with Crippen LogP contribution in [0.2, 0.25) is 4.34 Å². The Morgan fingerprint density at radius 1 is 1.22 bits per heavy atom. The number of hydrogen-bond acceptors (Lipinski definition) is 3. The first-order valence-electron chi connectivity index (χ1n) is 7.31. The summed E-state index contributed by atoms with van der Waals surface area (Å²) in [5.41, 5.74) is 1.16. The second-order valence-electron chi connectivity index (χ2n) is 5.22. The maximum Gasteiger partial charge on any atom is 0.123 e. The highest BCUT2D eigenvalue weighted by atomic mass is 35.5. The van der Waals surface area contributed by atoms with Gasteiger partial charge in [-0.3, -0.25) is 0 Å². The average Bonchev–Trinajstić information content (AvgIpc) is 3.18. The Hall–Kier alpha value is -1.30. The fraction of sp³-hybridized carbons (Fsp3) is 0.235. The number of aromatic nitrogens is 2. The Morgan fingerprint density at radius 2 is 2.04 bits per heavy atom. The maximum atomic E-state index is 13.0. The third kappa shape index (κ3) is 5.09. The molecule has 1 aromatic carbocycles. The number of rotatable bonds is 7. The lowest BCUT2D eigenvalue weighted by Crippen LogP contribution is -2.13. The zero-order valence-corrected chi connectivity index (χ0v) is 14.8. The molecule has 0 amide bonds. The van der Waals surface area contributed by atoms with Crippen molar-refractivity contribution in [3.63, 3.8) is 0 Å². The van der Waals surface area contributed by atoms with Crippen molar-refractivity contribution >= 4 is 34.7 Å². The molecule has 2 nitrogen and oxygen atoms in total. The average molecular weight is 367 g/mol. The summed E-state index contributed by atoms with van der Waals surface area (Å²) in [6, 6.07) is 10.8. The van der Waals surface area contributed by atoms with E-state index in [1.54, 1.807) is 17.5 Å². The number of aryl methyl sites for hydroxylation is 1. The van der Waals surface area contributed by atoms with E-state index < -0.39 is 0 Å². The lowest BCUT2D eigenvalue weighted by molar-refractivity contribution is 0.618. The highest BCUT2D eigenvalue weighted by Crippen LogP contribution is 2.35. The topological polar surface area (TPSA) is 17.8 Å². The normalized spacial score (nSPS) is 12.4. The Bertz CT molecular complexity index is 725. The van der Waals surface area contributed by atoms with Crippen LogP contribution in [0.4, 0.5) is 4.39 Å². The predicted octanol–water partition coefficient (Wildman–Crippen LogP) is 5.53. The van der Waals surface area contributed by atoms with Crippen molar-refractivity contribution in [2.75, 3.05) is 0 Å². The molecule has 2 aromatic heterocycles. The minimum atomic E-state index is -0.189. The first kappa shape index (κ1) is 16.6. The second-order valence-corrected chi connectivity index (χ2v) is 8.54. The van der Waals surface area contributed by atoms with Crippen molar-refractivity contribution in [2.45, 2.75) is 28.8 Å². The Balaban J connectivity index is 1.65. The van der Waals surface area contributed by atoms with Crippen molar-refractivity contribution in [2.24, 2.45) is 0 Å². The molecule has 0 fully saturated rings. The van der Waals surface area contributed by atoms with Crippen LogP contribution in [0.1, 0.15) is 12.0 Å². The summed E-state index contributed by atoms with van der Waals surface area (Å²) in [6.07, 6.45) is 7.54. The van der Waals surface area contributed by atoms with E-state index in [0.717, 1.165) is 29.3 Å². The van der Waals surface area contributed by atoms with Gasteiger partial charge >= 0.3 is 0 Å². The molecule has 0 saturated carbocycles. The van der Waals surface area contributed by atoms with Gasteiger partial charge < -0.3 is 4.57 Å². The maximum absolute atomic E-state index is 13.0. The van der Waals surface area contributed by atoms with E-state index in [0.29, 0.717) is 5.25 Å². The summed E-state index contributed by atoms with van der Waals surface area (Å²) < 4.78 is 17.1. The highest BCUT2D eigenvalue weighted by molar-refractivity contribution is 8.01. The fourth-order valence-electron chi connectivity index (χ4n) is 2.32. The number of nitrogens with zero attached hydrogens (tertiary/aromatic N) is 2. The number of thiophene rings is 1. The Morgan fingerprint density at radius 3 is 2.70 bits per heavy atom. The Labute approximate surface area is 148 Å². The zero-order valence-electron chi connectivity index (χ0n) is 12.4. The van der Waals surface area contributed by atoms with Crippen molar-refractivity contribution in [1.82, 2.24) is 9.55 Å². The standard InChI is InChI=1S/C17H16ClFN2S2/c18-16-7-8-17(23-16)22-15(11-21-10-9-20-12-21)6-3-13-1-4-14(19)5-2-13/h1-2,4-5,7-10,12,15H,3,6,11H2. The molecule has 1 unspecified atom stereocenters. The molecule has 0 aliphatic rings. The minimum Gasteiger partial charge on any atom is -0.336 e. The molecule has 23 heavy (non-hydrogen) atoms. The van der Waals surface area contributed by atoms with Crippen LogP contribution in [0.3, 0.4) is 0 Å². The zero-order chi connectivity index (χ0) is 16.1. The molecule has 0 spiro atoms. The summed E-state index contributed by atoms with van der Waals surface area (Å²) >= 11 is 9.48. The molecule has 0 aliphatic carbocycles. The van der Waals surface area contributed by atoms with Gasteiger partial charge in [0.05, 0.1) is 14.9 Å². The molecule has 0 saturated heterocycles. The summed E-state index contributed by atoms with van der Waals surface area (Å²) in [4.78, 5) is 4.11. The van der Waals surface area contributed by atoms with Crippen molar-refractivity contribution in [1.29, 1.82) is 0 Å². The van der Waals surface area contributed by atoms with Gasteiger partial charge in [-0.25, -0.2) is 9.37 Å². The van der Waals surface area contributed by atoms with Crippen LogP contribution in [0, 0.1) is 5.82 Å². The molecule has 0 aliphatic heterocycles. The predicted molar refractivity (Wildman–Crippen MR) is 95.9 cm³/mol. The molecule has 1 atom stereocenters. The van der Waals surface area contributed by atoms with E-state index in [1.807, 2.05) is 42.5 Å². The largest absolute Gasteiger partial charge is 0.336 e. The molecular formula is C17H16ClFN2S2. The third-order valence-corrected chi connectivity index (χ3v) is 6.12. The van der Waals surface area contributed by atoms with Gasteiger partial charge in [0.15, 0.2) is 0 Å². The summed E-state index contributed by atoms with van der Waals surface area (Å²) in [5.74, 6) is -0.189. The SMILES string of the molecule is Fc1ccc(CCC(Cn2ccnc2)Sc2ccc(Cl)s2)cc1. The van der Waals surface area contributed by atoms with Gasteiger partial charge in [-0.1, -0.05) is 23.7 Å². The molecule has 0 N–H and O–H groups in total. The van der Waals surface area contributed by atoms with Gasteiger partial charge in [0.2, 0.25) is 0 Å². The van der Waals surface area contributed by atoms with Crippen LogP contribution in [-0.4, -0.2) is 14.8 Å². The molecule has 3 aromatic rings. The lowest BCUT2D eigenvalue weighted by atomic mass is 10.1. The Kier molecular flexibility index (Phi) is 5.75. The minimum absolute atomic E-state index is 0.189. The number of imidazole rings is 1. The van der Waals surface area contributed by atoms with E-state index in [2.05, 4.69) is 15.6 Å². The van der Waals surface area contributed by atoms with Gasteiger partial charge in [-0.15, -0.1) is 23.1 Å². The second kappa shape index (κ2) is 7.99. The van der Waals surface area contributed by atoms with Crippen molar-refractivity contribution in [3.05, 3.63) is 70.8 Å². The van der Waals surface area contributed by atoms with Crippen molar-refractivity contribution in [3.8, 4) is 0 Å². The van der Waals surface area contributed by atoms with Crippen LogP contribution >= 0.6 is 34.7 Å². The van der Waals surface area contributed by atoms with E-state index >= 15 is 0 Å². The molecule has 0 radical (unpaired) electrons. The highest BCUT2D eigenvalue weighted by Gasteiger charge is 2.13. The monoisotopic (exact) mass is 366 g/mol.